The molecule has 0 fully saturated rings. The third-order valence-electron chi connectivity index (χ3n) is 1.91. The van der Waals surface area contributed by atoms with E-state index in [4.69, 9.17) is 0 Å². The Hall–Kier alpha value is -1.43. The van der Waals surface area contributed by atoms with Gasteiger partial charge in [-0.05, 0) is 28.1 Å². The molecule has 0 saturated carbocycles. The predicted octanol–water partition coefficient (Wildman–Crippen LogP) is 0.710. The number of hydrogen-bond donors (Lipinski definition) is 2. The standard InChI is InChI=1S/C10H12BrN3O2/c1-12-9(15)3-5-14-10(16)7-2-4-13-8(11)6-7/h2,4,6H,3,5H2,1H3,(H,12,15)(H,14,16). The van der Waals surface area contributed by atoms with Crippen LogP contribution in [0, 0.1) is 0 Å². The Balaban J connectivity index is 2.44. The van der Waals surface area contributed by atoms with Crippen LogP contribution in [0.1, 0.15) is 16.8 Å². The van der Waals surface area contributed by atoms with Crippen LogP contribution in [0.3, 0.4) is 0 Å². The minimum atomic E-state index is -0.216. The Bertz CT molecular complexity index is 395. The molecule has 0 aliphatic rings. The fourth-order valence-corrected chi connectivity index (χ4v) is 1.43. The highest BCUT2D eigenvalue weighted by Crippen LogP contribution is 2.07. The number of aromatic nitrogens is 1. The number of carbonyl (C=O) groups is 2. The van der Waals surface area contributed by atoms with Crippen LogP contribution in [0.5, 0.6) is 0 Å². The minimum absolute atomic E-state index is 0.101. The molecular weight excluding hydrogens is 274 g/mol. The first-order valence-corrected chi connectivity index (χ1v) is 5.53. The molecule has 0 aliphatic heterocycles. The van der Waals surface area contributed by atoms with Gasteiger partial charge in [0.1, 0.15) is 4.60 Å². The van der Waals surface area contributed by atoms with Crippen molar-refractivity contribution in [3.05, 3.63) is 28.5 Å². The summed E-state index contributed by atoms with van der Waals surface area (Å²) in [4.78, 5) is 26.4. The summed E-state index contributed by atoms with van der Waals surface area (Å²) in [6.07, 6.45) is 1.81. The molecule has 5 nitrogen and oxygen atoms in total. The Morgan fingerprint density at radius 3 is 2.88 bits per heavy atom. The molecule has 1 heterocycles. The van der Waals surface area contributed by atoms with Gasteiger partial charge in [-0.25, -0.2) is 4.98 Å². The van der Waals surface area contributed by atoms with Gasteiger partial charge < -0.3 is 10.6 Å². The van der Waals surface area contributed by atoms with E-state index in [1.165, 1.54) is 6.20 Å². The van der Waals surface area contributed by atoms with Crippen molar-refractivity contribution in [3.63, 3.8) is 0 Å². The second-order valence-corrected chi connectivity index (χ2v) is 3.86. The molecule has 2 N–H and O–H groups in total. The maximum atomic E-state index is 11.6. The van der Waals surface area contributed by atoms with E-state index in [2.05, 4.69) is 31.5 Å². The Kier molecular flexibility index (Phi) is 4.91. The second kappa shape index (κ2) is 6.22. The summed E-state index contributed by atoms with van der Waals surface area (Å²) in [6, 6.07) is 3.23. The highest BCUT2D eigenvalue weighted by molar-refractivity contribution is 9.10. The van der Waals surface area contributed by atoms with Crippen molar-refractivity contribution >= 4 is 27.7 Å². The number of halogens is 1. The summed E-state index contributed by atoms with van der Waals surface area (Å²) in [5.74, 6) is -0.316. The third-order valence-corrected chi connectivity index (χ3v) is 2.34. The third kappa shape index (κ3) is 3.98. The Morgan fingerprint density at radius 2 is 2.25 bits per heavy atom. The summed E-state index contributed by atoms with van der Waals surface area (Å²) in [7, 11) is 1.56. The van der Waals surface area contributed by atoms with Crippen molar-refractivity contribution in [1.82, 2.24) is 15.6 Å². The van der Waals surface area contributed by atoms with Crippen LogP contribution >= 0.6 is 15.9 Å². The molecule has 0 aliphatic carbocycles. The first-order valence-electron chi connectivity index (χ1n) is 4.74. The number of nitrogens with zero attached hydrogens (tertiary/aromatic N) is 1. The lowest BCUT2D eigenvalue weighted by molar-refractivity contribution is -0.120. The van der Waals surface area contributed by atoms with Gasteiger partial charge in [0.15, 0.2) is 0 Å². The molecule has 1 rings (SSSR count). The average molecular weight is 286 g/mol. The van der Waals surface area contributed by atoms with Gasteiger partial charge in [-0.15, -0.1) is 0 Å². The van der Waals surface area contributed by atoms with Crippen molar-refractivity contribution in [2.24, 2.45) is 0 Å². The fourth-order valence-electron chi connectivity index (χ4n) is 1.06. The maximum Gasteiger partial charge on any atom is 0.251 e. The van der Waals surface area contributed by atoms with Gasteiger partial charge in [-0.3, -0.25) is 9.59 Å². The monoisotopic (exact) mass is 285 g/mol. The summed E-state index contributed by atoms with van der Waals surface area (Å²) in [5, 5.41) is 5.12. The van der Waals surface area contributed by atoms with Crippen molar-refractivity contribution in [2.45, 2.75) is 6.42 Å². The molecule has 0 bridgehead atoms. The second-order valence-electron chi connectivity index (χ2n) is 3.05. The molecule has 1 aromatic rings. The molecule has 86 valence electrons. The number of rotatable bonds is 4. The summed E-state index contributed by atoms with van der Waals surface area (Å²) in [6.45, 7) is 0.318. The van der Waals surface area contributed by atoms with Crippen molar-refractivity contribution in [1.29, 1.82) is 0 Å². The van der Waals surface area contributed by atoms with Gasteiger partial charge in [-0.1, -0.05) is 0 Å². The Morgan fingerprint density at radius 1 is 1.50 bits per heavy atom. The van der Waals surface area contributed by atoms with Gasteiger partial charge >= 0.3 is 0 Å². The molecule has 0 atom stereocenters. The number of carbonyl (C=O) groups excluding carboxylic acids is 2. The van der Waals surface area contributed by atoms with Crippen molar-refractivity contribution in [3.8, 4) is 0 Å². The average Bonchev–Trinajstić information content (AvgIpc) is 2.28. The molecule has 16 heavy (non-hydrogen) atoms. The van der Waals surface area contributed by atoms with Crippen LogP contribution in [-0.4, -0.2) is 30.4 Å². The number of pyridine rings is 1. The van der Waals surface area contributed by atoms with Crippen molar-refractivity contribution in [2.75, 3.05) is 13.6 Å². The molecule has 6 heteroatoms. The van der Waals surface area contributed by atoms with Crippen LogP contribution in [0.4, 0.5) is 0 Å². The van der Waals surface area contributed by atoms with Crippen LogP contribution in [0.15, 0.2) is 22.9 Å². The molecule has 0 unspecified atom stereocenters. The molecular formula is C10H12BrN3O2. The SMILES string of the molecule is CNC(=O)CCNC(=O)c1ccnc(Br)c1. The summed E-state index contributed by atoms with van der Waals surface area (Å²) < 4.78 is 0.603. The first-order chi connectivity index (χ1) is 7.63. The highest BCUT2D eigenvalue weighted by Gasteiger charge is 2.06. The zero-order chi connectivity index (χ0) is 12.0. The van der Waals surface area contributed by atoms with E-state index in [0.717, 1.165) is 0 Å². The van der Waals surface area contributed by atoms with E-state index in [1.54, 1.807) is 19.2 Å². The van der Waals surface area contributed by atoms with E-state index in [1.807, 2.05) is 0 Å². The molecule has 0 radical (unpaired) electrons. The van der Waals surface area contributed by atoms with Crippen LogP contribution in [-0.2, 0) is 4.79 Å². The van der Waals surface area contributed by atoms with Gasteiger partial charge in [0, 0.05) is 31.8 Å². The van der Waals surface area contributed by atoms with Crippen LogP contribution < -0.4 is 10.6 Å². The van der Waals surface area contributed by atoms with Crippen LogP contribution in [0.2, 0.25) is 0 Å². The van der Waals surface area contributed by atoms with Gasteiger partial charge in [0.2, 0.25) is 5.91 Å². The van der Waals surface area contributed by atoms with E-state index in [9.17, 15) is 9.59 Å². The lowest BCUT2D eigenvalue weighted by Gasteiger charge is -2.04. The topological polar surface area (TPSA) is 71.1 Å². The lowest BCUT2D eigenvalue weighted by Crippen LogP contribution is -2.29. The van der Waals surface area contributed by atoms with Gasteiger partial charge in [0.25, 0.3) is 5.91 Å². The smallest absolute Gasteiger partial charge is 0.251 e. The summed E-state index contributed by atoms with van der Waals surface area (Å²) >= 11 is 3.18. The van der Waals surface area contributed by atoms with Crippen LogP contribution in [0.25, 0.3) is 0 Å². The lowest BCUT2D eigenvalue weighted by atomic mass is 10.2. The predicted molar refractivity (Wildman–Crippen MR) is 63.0 cm³/mol. The zero-order valence-corrected chi connectivity index (χ0v) is 10.4. The molecule has 0 spiro atoms. The summed E-state index contributed by atoms with van der Waals surface area (Å²) in [5.41, 5.74) is 0.513. The number of nitrogens with one attached hydrogen (secondary N) is 2. The minimum Gasteiger partial charge on any atom is -0.359 e. The van der Waals surface area contributed by atoms with E-state index >= 15 is 0 Å². The number of hydrogen-bond acceptors (Lipinski definition) is 3. The van der Waals surface area contributed by atoms with E-state index < -0.39 is 0 Å². The normalized spacial score (nSPS) is 9.62. The van der Waals surface area contributed by atoms with Crippen molar-refractivity contribution < 1.29 is 9.59 Å². The molecule has 0 aromatic carbocycles. The quantitative estimate of drug-likeness (QED) is 0.801. The fraction of sp³-hybridized carbons (Fsp3) is 0.300. The van der Waals surface area contributed by atoms with E-state index in [-0.39, 0.29) is 18.2 Å². The highest BCUT2D eigenvalue weighted by atomic mass is 79.9. The first kappa shape index (κ1) is 12.6. The van der Waals surface area contributed by atoms with E-state index in [0.29, 0.717) is 16.7 Å². The maximum absolute atomic E-state index is 11.6. The largest absolute Gasteiger partial charge is 0.359 e. The van der Waals surface area contributed by atoms with Gasteiger partial charge in [-0.2, -0.15) is 0 Å². The van der Waals surface area contributed by atoms with Gasteiger partial charge in [0.05, 0.1) is 0 Å². The molecule has 2 amide bonds. The molecule has 0 saturated heterocycles. The Labute approximate surface area is 102 Å². The molecule has 1 aromatic heterocycles. The number of amides is 2. The zero-order valence-electron chi connectivity index (χ0n) is 8.79.